The fraction of sp³-hybridized carbons (Fsp3) is 0. The van der Waals surface area contributed by atoms with Gasteiger partial charge in [0, 0.05) is 11.8 Å². The average Bonchev–Trinajstić information content (AvgIpc) is 2.39. The van der Waals surface area contributed by atoms with E-state index in [0.717, 1.165) is 6.07 Å². The maximum atomic E-state index is 11.2. The number of anilines is 2. The van der Waals surface area contributed by atoms with E-state index in [2.05, 4.69) is 5.32 Å². The van der Waals surface area contributed by atoms with Gasteiger partial charge in [-0.1, -0.05) is 29.8 Å². The number of hydrogen-bond donors (Lipinski definition) is 2. The summed E-state index contributed by atoms with van der Waals surface area (Å²) in [6.45, 7) is 0. The second-order valence-electron chi connectivity index (χ2n) is 3.90. The first-order chi connectivity index (χ1) is 9.49. The van der Waals surface area contributed by atoms with Gasteiger partial charge in [0.2, 0.25) is 0 Å². The Balaban J connectivity index is 2.49. The van der Waals surface area contributed by atoms with Crippen LogP contribution in [0.25, 0.3) is 0 Å². The summed E-state index contributed by atoms with van der Waals surface area (Å²) < 4.78 is 0. The van der Waals surface area contributed by atoms with Gasteiger partial charge in [0.15, 0.2) is 0 Å². The lowest BCUT2D eigenvalue weighted by Crippen LogP contribution is -2.04. The smallest absolute Gasteiger partial charge is 0.338 e. The van der Waals surface area contributed by atoms with Gasteiger partial charge < -0.3 is 10.4 Å². The molecule has 102 valence electrons. The summed E-state index contributed by atoms with van der Waals surface area (Å²) in [4.78, 5) is 21.2. The van der Waals surface area contributed by atoms with Crippen LogP contribution in [0.15, 0.2) is 42.5 Å². The number of nitro benzene ring substituents is 1. The standard InChI is InChI=1S/C13H9ClN2O4/c14-10-7-11(15-8-4-2-1-3-5-8)9(13(17)18)6-12(10)16(19)20/h1-7,15H,(H,17,18). The third-order valence-corrected chi connectivity index (χ3v) is 2.87. The van der Waals surface area contributed by atoms with Crippen LogP contribution in [0, 0.1) is 10.1 Å². The van der Waals surface area contributed by atoms with Gasteiger partial charge in [-0.25, -0.2) is 4.79 Å². The Kier molecular flexibility index (Phi) is 3.86. The Bertz CT molecular complexity index is 674. The van der Waals surface area contributed by atoms with Crippen LogP contribution in [0.5, 0.6) is 0 Å². The molecule has 2 N–H and O–H groups in total. The van der Waals surface area contributed by atoms with Crippen molar-refractivity contribution in [3.05, 3.63) is 63.2 Å². The molecule has 0 aliphatic heterocycles. The van der Waals surface area contributed by atoms with Crippen LogP contribution in [-0.2, 0) is 0 Å². The first-order valence-electron chi connectivity index (χ1n) is 5.52. The van der Waals surface area contributed by atoms with E-state index in [1.807, 2.05) is 6.07 Å². The molecule has 0 atom stereocenters. The van der Waals surface area contributed by atoms with Gasteiger partial charge in [-0.2, -0.15) is 0 Å². The number of carbonyl (C=O) groups is 1. The number of benzene rings is 2. The molecule has 2 rings (SSSR count). The molecule has 7 heteroatoms. The third kappa shape index (κ3) is 2.86. The number of para-hydroxylation sites is 1. The van der Waals surface area contributed by atoms with Crippen LogP contribution < -0.4 is 5.32 Å². The molecule has 0 saturated heterocycles. The van der Waals surface area contributed by atoms with Gasteiger partial charge in [-0.15, -0.1) is 0 Å². The van der Waals surface area contributed by atoms with E-state index < -0.39 is 16.6 Å². The van der Waals surface area contributed by atoms with Crippen molar-refractivity contribution in [3.63, 3.8) is 0 Å². The van der Waals surface area contributed by atoms with Crippen molar-refractivity contribution in [1.82, 2.24) is 0 Å². The summed E-state index contributed by atoms with van der Waals surface area (Å²) in [6, 6.07) is 11.0. The van der Waals surface area contributed by atoms with Crippen molar-refractivity contribution in [2.24, 2.45) is 0 Å². The molecule has 0 radical (unpaired) electrons. The molecule has 0 aliphatic carbocycles. The highest BCUT2D eigenvalue weighted by atomic mass is 35.5. The number of nitrogens with one attached hydrogen (secondary N) is 1. The monoisotopic (exact) mass is 292 g/mol. The maximum Gasteiger partial charge on any atom is 0.338 e. The van der Waals surface area contributed by atoms with Crippen LogP contribution in [0.3, 0.4) is 0 Å². The highest BCUT2D eigenvalue weighted by Crippen LogP contribution is 2.32. The highest BCUT2D eigenvalue weighted by molar-refractivity contribution is 6.33. The molecule has 0 amide bonds. The molecule has 2 aromatic rings. The van der Waals surface area contributed by atoms with E-state index in [-0.39, 0.29) is 16.3 Å². The number of aromatic carboxylic acids is 1. The minimum atomic E-state index is -1.27. The normalized spacial score (nSPS) is 10.1. The first-order valence-corrected chi connectivity index (χ1v) is 5.90. The maximum absolute atomic E-state index is 11.2. The molecule has 0 unspecified atom stereocenters. The van der Waals surface area contributed by atoms with Crippen LogP contribution in [-0.4, -0.2) is 16.0 Å². The molecule has 6 nitrogen and oxygen atoms in total. The van der Waals surface area contributed by atoms with E-state index >= 15 is 0 Å². The van der Waals surface area contributed by atoms with Gasteiger partial charge in [-0.05, 0) is 18.2 Å². The lowest BCUT2D eigenvalue weighted by molar-refractivity contribution is -0.384. The Morgan fingerprint density at radius 2 is 1.90 bits per heavy atom. The van der Waals surface area contributed by atoms with Crippen molar-refractivity contribution >= 4 is 34.6 Å². The zero-order valence-corrected chi connectivity index (χ0v) is 10.8. The van der Waals surface area contributed by atoms with Crippen LogP contribution in [0.2, 0.25) is 5.02 Å². The predicted octanol–water partition coefficient (Wildman–Crippen LogP) is 3.69. The Hall–Kier alpha value is -2.60. The van der Waals surface area contributed by atoms with Gasteiger partial charge in [-0.3, -0.25) is 10.1 Å². The van der Waals surface area contributed by atoms with Crippen molar-refractivity contribution < 1.29 is 14.8 Å². The van der Waals surface area contributed by atoms with Crippen molar-refractivity contribution in [1.29, 1.82) is 0 Å². The molecule has 0 aromatic heterocycles. The largest absolute Gasteiger partial charge is 0.478 e. The average molecular weight is 293 g/mol. The van der Waals surface area contributed by atoms with E-state index in [9.17, 15) is 14.9 Å². The number of halogens is 1. The molecular formula is C13H9ClN2O4. The quantitative estimate of drug-likeness (QED) is 0.662. The molecule has 0 heterocycles. The molecule has 0 spiro atoms. The van der Waals surface area contributed by atoms with Gasteiger partial charge in [0.25, 0.3) is 5.69 Å². The zero-order valence-electron chi connectivity index (χ0n) is 10.0. The Morgan fingerprint density at radius 3 is 2.45 bits per heavy atom. The summed E-state index contributed by atoms with van der Waals surface area (Å²) >= 11 is 5.79. The van der Waals surface area contributed by atoms with E-state index in [1.54, 1.807) is 24.3 Å². The number of rotatable bonds is 4. The van der Waals surface area contributed by atoms with E-state index in [4.69, 9.17) is 16.7 Å². The minimum absolute atomic E-state index is 0.126. The number of nitrogens with zero attached hydrogens (tertiary/aromatic N) is 1. The topological polar surface area (TPSA) is 92.5 Å². The van der Waals surface area contributed by atoms with E-state index in [0.29, 0.717) is 5.69 Å². The van der Waals surface area contributed by atoms with Crippen LogP contribution in [0.1, 0.15) is 10.4 Å². The second-order valence-corrected chi connectivity index (χ2v) is 4.31. The molecule has 0 aliphatic rings. The van der Waals surface area contributed by atoms with Crippen molar-refractivity contribution in [2.45, 2.75) is 0 Å². The molecule has 2 aromatic carbocycles. The summed E-state index contributed by atoms with van der Waals surface area (Å²) in [5, 5.41) is 22.7. The minimum Gasteiger partial charge on any atom is -0.478 e. The van der Waals surface area contributed by atoms with Crippen molar-refractivity contribution in [3.8, 4) is 0 Å². The lowest BCUT2D eigenvalue weighted by Gasteiger charge is -2.10. The zero-order chi connectivity index (χ0) is 14.7. The Morgan fingerprint density at radius 1 is 1.25 bits per heavy atom. The molecule has 20 heavy (non-hydrogen) atoms. The SMILES string of the molecule is O=C(O)c1cc([N+](=O)[O-])c(Cl)cc1Nc1ccccc1. The van der Waals surface area contributed by atoms with E-state index in [1.165, 1.54) is 6.07 Å². The third-order valence-electron chi connectivity index (χ3n) is 2.57. The summed E-state index contributed by atoms with van der Waals surface area (Å²) in [7, 11) is 0. The second kappa shape index (κ2) is 5.58. The fourth-order valence-corrected chi connectivity index (χ4v) is 1.89. The van der Waals surface area contributed by atoms with Crippen LogP contribution in [0.4, 0.5) is 17.1 Å². The molecule has 0 fully saturated rings. The molecule has 0 saturated carbocycles. The highest BCUT2D eigenvalue weighted by Gasteiger charge is 2.20. The summed E-state index contributed by atoms with van der Waals surface area (Å²) in [5.74, 6) is -1.27. The van der Waals surface area contributed by atoms with Crippen LogP contribution >= 0.6 is 11.6 Å². The predicted molar refractivity (Wildman–Crippen MR) is 74.8 cm³/mol. The fourth-order valence-electron chi connectivity index (χ4n) is 1.66. The number of hydrogen-bond acceptors (Lipinski definition) is 4. The number of carboxylic acids is 1. The Labute approximate surface area is 118 Å². The lowest BCUT2D eigenvalue weighted by atomic mass is 10.1. The first kappa shape index (κ1) is 13.8. The van der Waals surface area contributed by atoms with Gasteiger partial charge in [0.1, 0.15) is 5.02 Å². The molecular weight excluding hydrogens is 284 g/mol. The van der Waals surface area contributed by atoms with Crippen molar-refractivity contribution in [2.75, 3.05) is 5.32 Å². The number of carboxylic acid groups (broad SMARTS) is 1. The van der Waals surface area contributed by atoms with Gasteiger partial charge in [0.05, 0.1) is 16.2 Å². The van der Waals surface area contributed by atoms with Gasteiger partial charge >= 0.3 is 5.97 Å². The summed E-state index contributed by atoms with van der Waals surface area (Å²) in [5.41, 5.74) is 0.187. The number of nitro groups is 1. The summed E-state index contributed by atoms with van der Waals surface area (Å²) in [6.07, 6.45) is 0. The molecule has 0 bridgehead atoms.